The highest BCUT2D eigenvalue weighted by Crippen LogP contribution is 2.52. The summed E-state index contributed by atoms with van der Waals surface area (Å²) in [6.07, 6.45) is 3.70. The zero-order valence-corrected chi connectivity index (χ0v) is 27.8. The first kappa shape index (κ1) is 28.6. The van der Waals surface area contributed by atoms with Gasteiger partial charge in [0.1, 0.15) is 5.69 Å². The Morgan fingerprint density at radius 2 is 1.14 bits per heavy atom. The molecule has 3 heterocycles. The van der Waals surface area contributed by atoms with Crippen molar-refractivity contribution in [3.8, 4) is 50.7 Å². The van der Waals surface area contributed by atoms with E-state index >= 15 is 0 Å². The predicted octanol–water partition coefficient (Wildman–Crippen LogP) is 11.4. The molecule has 0 fully saturated rings. The highest BCUT2D eigenvalue weighted by Gasteiger charge is 2.37. The van der Waals surface area contributed by atoms with Crippen LogP contribution >= 0.6 is 0 Å². The second-order valence-electron chi connectivity index (χ2n) is 13.7. The minimum absolute atomic E-state index is 0.123. The monoisotopic (exact) mass is 640 g/mol. The van der Waals surface area contributed by atoms with Gasteiger partial charge >= 0.3 is 0 Å². The zero-order valence-electron chi connectivity index (χ0n) is 27.8. The van der Waals surface area contributed by atoms with Crippen LogP contribution in [0.2, 0.25) is 0 Å². The third-order valence-electron chi connectivity index (χ3n) is 10.5. The Bertz CT molecular complexity index is 2720. The van der Waals surface area contributed by atoms with Gasteiger partial charge in [0.15, 0.2) is 5.82 Å². The number of fused-ring (bicyclic) bond motifs is 9. The molecule has 10 rings (SSSR count). The second kappa shape index (κ2) is 10.8. The van der Waals surface area contributed by atoms with Crippen molar-refractivity contribution < 1.29 is 0 Å². The van der Waals surface area contributed by atoms with Crippen molar-refractivity contribution in [2.45, 2.75) is 19.3 Å². The zero-order chi connectivity index (χ0) is 33.4. The summed E-state index contributed by atoms with van der Waals surface area (Å²) in [6.45, 7) is 4.71. The lowest BCUT2D eigenvalue weighted by atomic mass is 9.80. The fourth-order valence-corrected chi connectivity index (χ4v) is 8.20. The number of benzene rings is 6. The molecule has 236 valence electrons. The summed E-state index contributed by atoms with van der Waals surface area (Å²) in [5.41, 5.74) is 13.2. The summed E-state index contributed by atoms with van der Waals surface area (Å²) in [5, 5.41) is 4.87. The third-order valence-corrected chi connectivity index (χ3v) is 10.5. The molecule has 0 unspecified atom stereocenters. The van der Waals surface area contributed by atoms with Crippen LogP contribution in [0.4, 0.5) is 0 Å². The molecule has 0 amide bonds. The number of rotatable bonds is 4. The van der Waals surface area contributed by atoms with Gasteiger partial charge < -0.3 is 0 Å². The molecule has 6 aromatic carbocycles. The van der Waals surface area contributed by atoms with Crippen LogP contribution in [0.15, 0.2) is 158 Å². The van der Waals surface area contributed by atoms with Crippen LogP contribution < -0.4 is 0 Å². The SMILES string of the molecule is CC1(C)c2ccccc2-c2ccc3c(ccc4c5ccccc5n(-c5cncc(-c6cc(-c7ccccc7)cc(-c7ccccc7)n6)n5)c34)c21. The van der Waals surface area contributed by atoms with Crippen molar-refractivity contribution in [3.05, 3.63) is 169 Å². The van der Waals surface area contributed by atoms with Gasteiger partial charge in [-0.05, 0) is 57.0 Å². The molecule has 4 nitrogen and oxygen atoms in total. The summed E-state index contributed by atoms with van der Waals surface area (Å²) in [6, 6.07) is 51.8. The van der Waals surface area contributed by atoms with Crippen LogP contribution in [0.25, 0.3) is 83.3 Å². The minimum Gasteiger partial charge on any atom is -0.292 e. The summed E-state index contributed by atoms with van der Waals surface area (Å²) < 4.78 is 2.30. The Labute approximate surface area is 290 Å². The number of aromatic nitrogens is 4. The minimum atomic E-state index is -0.123. The lowest BCUT2D eigenvalue weighted by Crippen LogP contribution is -2.15. The summed E-state index contributed by atoms with van der Waals surface area (Å²) >= 11 is 0. The van der Waals surface area contributed by atoms with Crippen LogP contribution in [0, 0.1) is 0 Å². The second-order valence-corrected chi connectivity index (χ2v) is 13.7. The maximum Gasteiger partial charge on any atom is 0.156 e. The van der Waals surface area contributed by atoms with Crippen molar-refractivity contribution in [2.75, 3.05) is 0 Å². The fraction of sp³-hybridized carbons (Fsp3) is 0.0652. The molecule has 1 aliphatic carbocycles. The Morgan fingerprint density at radius 1 is 0.480 bits per heavy atom. The molecule has 50 heavy (non-hydrogen) atoms. The third kappa shape index (κ3) is 4.21. The largest absolute Gasteiger partial charge is 0.292 e. The first-order chi connectivity index (χ1) is 24.6. The molecule has 0 saturated carbocycles. The van der Waals surface area contributed by atoms with E-state index in [1.54, 1.807) is 0 Å². The van der Waals surface area contributed by atoms with Gasteiger partial charge in [0.05, 0.1) is 34.8 Å². The first-order valence-corrected chi connectivity index (χ1v) is 17.1. The number of nitrogens with zero attached hydrogens (tertiary/aromatic N) is 4. The van der Waals surface area contributed by atoms with Crippen molar-refractivity contribution in [1.82, 2.24) is 19.5 Å². The number of hydrogen-bond acceptors (Lipinski definition) is 3. The molecule has 0 radical (unpaired) electrons. The highest BCUT2D eigenvalue weighted by atomic mass is 15.1. The molecule has 3 aromatic heterocycles. The van der Waals surface area contributed by atoms with E-state index < -0.39 is 0 Å². The Kier molecular flexibility index (Phi) is 6.19. The number of hydrogen-bond donors (Lipinski definition) is 0. The number of para-hydroxylation sites is 1. The standard InChI is InChI=1S/C46H32N4/c1-46(2)38-19-11-9-17-32(38)34-21-24-37-35(44(34)46)22-23-36-33-18-10-12-20-42(33)50(45(36)37)43-28-47-27-41(49-43)40-26-31(29-13-5-3-6-14-29)25-39(48-40)30-15-7-4-8-16-30/h3-28H,1-2H3. The van der Waals surface area contributed by atoms with Crippen LogP contribution in [-0.2, 0) is 5.41 Å². The van der Waals surface area contributed by atoms with E-state index in [9.17, 15) is 0 Å². The van der Waals surface area contributed by atoms with Crippen molar-refractivity contribution in [1.29, 1.82) is 0 Å². The molecule has 0 saturated heterocycles. The topological polar surface area (TPSA) is 43.6 Å². The van der Waals surface area contributed by atoms with Gasteiger partial charge in [0.25, 0.3) is 0 Å². The molecule has 9 aromatic rings. The molecule has 0 bridgehead atoms. The molecule has 0 spiro atoms. The van der Waals surface area contributed by atoms with Crippen LogP contribution in [0.3, 0.4) is 0 Å². The van der Waals surface area contributed by atoms with E-state index in [0.717, 1.165) is 50.6 Å². The van der Waals surface area contributed by atoms with E-state index in [1.807, 2.05) is 36.7 Å². The average Bonchev–Trinajstić information content (AvgIpc) is 3.64. The van der Waals surface area contributed by atoms with Crippen LogP contribution in [0.1, 0.15) is 25.0 Å². The Hall–Kier alpha value is -6.39. The summed E-state index contributed by atoms with van der Waals surface area (Å²) in [5.74, 6) is 0.762. The van der Waals surface area contributed by atoms with Crippen molar-refractivity contribution in [2.24, 2.45) is 0 Å². The van der Waals surface area contributed by atoms with Crippen LogP contribution in [-0.4, -0.2) is 19.5 Å². The van der Waals surface area contributed by atoms with E-state index in [-0.39, 0.29) is 5.41 Å². The molecule has 4 heteroatoms. The van der Waals surface area contributed by atoms with E-state index in [4.69, 9.17) is 15.0 Å². The van der Waals surface area contributed by atoms with E-state index in [1.165, 1.54) is 43.8 Å². The van der Waals surface area contributed by atoms with Crippen molar-refractivity contribution >= 4 is 32.6 Å². The van der Waals surface area contributed by atoms with Gasteiger partial charge in [-0.3, -0.25) is 9.55 Å². The molecular weight excluding hydrogens is 609 g/mol. The average molecular weight is 641 g/mol. The summed E-state index contributed by atoms with van der Waals surface area (Å²) in [7, 11) is 0. The number of pyridine rings is 1. The van der Waals surface area contributed by atoms with Gasteiger partial charge in [0, 0.05) is 27.1 Å². The summed E-state index contributed by atoms with van der Waals surface area (Å²) in [4.78, 5) is 15.3. The van der Waals surface area contributed by atoms with Crippen LogP contribution in [0.5, 0.6) is 0 Å². The normalized spacial score (nSPS) is 13.2. The Balaban J connectivity index is 1.22. The lowest BCUT2D eigenvalue weighted by Gasteiger charge is -2.23. The van der Waals surface area contributed by atoms with Crippen molar-refractivity contribution in [3.63, 3.8) is 0 Å². The van der Waals surface area contributed by atoms with Gasteiger partial charge in [-0.15, -0.1) is 0 Å². The fourth-order valence-electron chi connectivity index (χ4n) is 8.20. The maximum absolute atomic E-state index is 5.33. The Morgan fingerprint density at radius 3 is 1.98 bits per heavy atom. The lowest BCUT2D eigenvalue weighted by molar-refractivity contribution is 0.666. The molecular formula is C46H32N4. The van der Waals surface area contributed by atoms with E-state index in [0.29, 0.717) is 0 Å². The predicted molar refractivity (Wildman–Crippen MR) is 206 cm³/mol. The smallest absolute Gasteiger partial charge is 0.156 e. The highest BCUT2D eigenvalue weighted by molar-refractivity contribution is 6.20. The molecule has 0 N–H and O–H groups in total. The first-order valence-electron chi connectivity index (χ1n) is 17.1. The van der Waals surface area contributed by atoms with Gasteiger partial charge in [0.2, 0.25) is 0 Å². The molecule has 0 atom stereocenters. The molecule has 0 aliphatic heterocycles. The van der Waals surface area contributed by atoms with Gasteiger partial charge in [-0.2, -0.15) is 0 Å². The van der Waals surface area contributed by atoms with Gasteiger partial charge in [-0.1, -0.05) is 141 Å². The van der Waals surface area contributed by atoms with Gasteiger partial charge in [-0.25, -0.2) is 9.97 Å². The van der Waals surface area contributed by atoms with E-state index in [2.05, 4.69) is 140 Å². The quantitative estimate of drug-likeness (QED) is 0.192. The molecule has 1 aliphatic rings. The maximum atomic E-state index is 5.33.